The molecule has 0 atom stereocenters. The van der Waals surface area contributed by atoms with Crippen LogP contribution in [0.3, 0.4) is 0 Å². The molecule has 16 heavy (non-hydrogen) atoms. The third-order valence-electron chi connectivity index (χ3n) is 2.29. The number of hydrogen-bond donors (Lipinski definition) is 0. The Morgan fingerprint density at radius 2 is 1.69 bits per heavy atom. The second-order valence-electron chi connectivity index (χ2n) is 4.75. The molecule has 1 heterocycles. The van der Waals surface area contributed by atoms with Crippen molar-refractivity contribution in [1.29, 1.82) is 0 Å². The number of rotatable bonds is 0. The van der Waals surface area contributed by atoms with Gasteiger partial charge in [0.15, 0.2) is 5.15 Å². The topological polar surface area (TPSA) is 25.8 Å². The molecule has 0 aliphatic rings. The number of hydrogen-bond acceptors (Lipinski definition) is 2. The van der Waals surface area contributed by atoms with Crippen molar-refractivity contribution in [2.45, 2.75) is 26.2 Å². The molecule has 2 rings (SSSR count). The summed E-state index contributed by atoms with van der Waals surface area (Å²) in [6.07, 6.45) is 0. The predicted octanol–water partition coefficient (Wildman–Crippen LogP) is 4.23. The molecule has 2 aromatic rings. The fourth-order valence-corrected chi connectivity index (χ4v) is 2.07. The van der Waals surface area contributed by atoms with Crippen LogP contribution in [0.25, 0.3) is 11.0 Å². The Morgan fingerprint density at radius 1 is 1.00 bits per heavy atom. The molecule has 0 bridgehead atoms. The summed E-state index contributed by atoms with van der Waals surface area (Å²) in [7, 11) is 0. The van der Waals surface area contributed by atoms with Gasteiger partial charge in [-0.2, -0.15) is 0 Å². The monoisotopic (exact) mass is 254 g/mol. The normalized spacial score (nSPS) is 12.1. The molecule has 0 saturated carbocycles. The molecule has 0 radical (unpaired) electrons. The third kappa shape index (κ3) is 2.13. The van der Waals surface area contributed by atoms with Crippen molar-refractivity contribution in [2.24, 2.45) is 0 Å². The summed E-state index contributed by atoms with van der Waals surface area (Å²) in [5.74, 6) is 0. The van der Waals surface area contributed by atoms with E-state index in [0.717, 1.165) is 16.7 Å². The lowest BCUT2D eigenvalue weighted by Gasteiger charge is -2.18. The van der Waals surface area contributed by atoms with Gasteiger partial charge in [0.05, 0.1) is 16.7 Å². The van der Waals surface area contributed by atoms with Crippen LogP contribution < -0.4 is 0 Å². The van der Waals surface area contributed by atoms with Gasteiger partial charge in [0, 0.05) is 10.4 Å². The summed E-state index contributed by atoms with van der Waals surface area (Å²) >= 11 is 12.0. The molecule has 0 aliphatic carbocycles. The van der Waals surface area contributed by atoms with Crippen LogP contribution in [0.5, 0.6) is 0 Å². The fourth-order valence-electron chi connectivity index (χ4n) is 1.48. The maximum atomic E-state index is 6.12. The highest BCUT2D eigenvalue weighted by atomic mass is 35.5. The van der Waals surface area contributed by atoms with Crippen molar-refractivity contribution in [2.75, 3.05) is 0 Å². The Hall–Kier alpha value is -0.860. The summed E-state index contributed by atoms with van der Waals surface area (Å²) in [6, 6.07) is 5.41. The number of halogens is 2. The molecule has 1 aromatic carbocycles. The van der Waals surface area contributed by atoms with E-state index in [2.05, 4.69) is 30.7 Å². The van der Waals surface area contributed by atoms with Gasteiger partial charge in [0.25, 0.3) is 0 Å². The Kier molecular flexibility index (Phi) is 2.81. The quantitative estimate of drug-likeness (QED) is 0.703. The Labute approximate surface area is 105 Å². The number of aromatic nitrogens is 2. The second-order valence-corrected chi connectivity index (χ2v) is 5.54. The Bertz CT molecular complexity index is 544. The zero-order chi connectivity index (χ0) is 11.9. The molecular formula is C12H12Cl2N2. The van der Waals surface area contributed by atoms with Crippen LogP contribution in [-0.4, -0.2) is 9.97 Å². The zero-order valence-corrected chi connectivity index (χ0v) is 10.9. The van der Waals surface area contributed by atoms with Crippen molar-refractivity contribution in [3.63, 3.8) is 0 Å². The van der Waals surface area contributed by atoms with Crippen molar-refractivity contribution in [3.8, 4) is 0 Å². The minimum absolute atomic E-state index is 0.124. The summed E-state index contributed by atoms with van der Waals surface area (Å²) in [5.41, 5.74) is 2.22. The number of benzene rings is 1. The van der Waals surface area contributed by atoms with Crippen molar-refractivity contribution < 1.29 is 0 Å². The minimum atomic E-state index is -0.124. The van der Waals surface area contributed by atoms with Crippen LogP contribution in [0.2, 0.25) is 10.2 Å². The Morgan fingerprint density at radius 3 is 2.31 bits per heavy atom. The molecule has 0 saturated heterocycles. The fraction of sp³-hybridized carbons (Fsp3) is 0.333. The van der Waals surface area contributed by atoms with E-state index >= 15 is 0 Å². The lowest BCUT2D eigenvalue weighted by Crippen LogP contribution is -2.15. The van der Waals surface area contributed by atoms with Gasteiger partial charge in [0.1, 0.15) is 0 Å². The maximum absolute atomic E-state index is 6.12. The highest BCUT2D eigenvalue weighted by Crippen LogP contribution is 2.28. The molecule has 0 amide bonds. The first-order valence-electron chi connectivity index (χ1n) is 5.01. The second kappa shape index (κ2) is 3.86. The van der Waals surface area contributed by atoms with Gasteiger partial charge in [-0.3, -0.25) is 0 Å². The molecule has 0 unspecified atom stereocenters. The van der Waals surface area contributed by atoms with Gasteiger partial charge in [-0.15, -0.1) is 0 Å². The highest BCUT2D eigenvalue weighted by molar-refractivity contribution is 6.31. The van der Waals surface area contributed by atoms with Crippen LogP contribution >= 0.6 is 23.2 Å². The third-order valence-corrected chi connectivity index (χ3v) is 2.79. The molecule has 4 heteroatoms. The van der Waals surface area contributed by atoms with Crippen LogP contribution in [0.15, 0.2) is 18.2 Å². The highest BCUT2D eigenvalue weighted by Gasteiger charge is 2.20. The van der Waals surface area contributed by atoms with Crippen molar-refractivity contribution in [1.82, 2.24) is 9.97 Å². The zero-order valence-electron chi connectivity index (χ0n) is 9.38. The van der Waals surface area contributed by atoms with Gasteiger partial charge in [0.2, 0.25) is 0 Å². The lowest BCUT2D eigenvalue weighted by molar-refractivity contribution is 0.569. The number of nitrogens with zero attached hydrogens (tertiary/aromatic N) is 2. The van der Waals surface area contributed by atoms with E-state index in [1.165, 1.54) is 0 Å². The molecule has 2 nitrogen and oxygen atoms in total. The summed E-state index contributed by atoms with van der Waals surface area (Å²) < 4.78 is 0. The van der Waals surface area contributed by atoms with Gasteiger partial charge in [-0.25, -0.2) is 9.97 Å². The molecular weight excluding hydrogens is 243 g/mol. The van der Waals surface area contributed by atoms with E-state index in [9.17, 15) is 0 Å². The van der Waals surface area contributed by atoms with Crippen LogP contribution in [0.1, 0.15) is 26.5 Å². The first-order chi connectivity index (χ1) is 7.38. The standard InChI is InChI=1S/C12H12Cl2N2/c1-12(2,3)10-11(14)16-8-5-4-7(13)6-9(8)15-10/h4-6H,1-3H3. The maximum Gasteiger partial charge on any atom is 0.151 e. The van der Waals surface area contributed by atoms with Crippen LogP contribution in [-0.2, 0) is 5.41 Å². The van der Waals surface area contributed by atoms with Crippen LogP contribution in [0, 0.1) is 0 Å². The molecule has 0 fully saturated rings. The molecule has 1 aromatic heterocycles. The summed E-state index contributed by atoms with van der Waals surface area (Å²) in [5, 5.41) is 1.12. The predicted molar refractivity (Wildman–Crippen MR) is 68.3 cm³/mol. The average molecular weight is 255 g/mol. The summed E-state index contributed by atoms with van der Waals surface area (Å²) in [6.45, 7) is 6.16. The first kappa shape index (κ1) is 11.6. The SMILES string of the molecule is CC(C)(C)c1nc2cc(Cl)ccc2nc1Cl. The van der Waals surface area contributed by atoms with E-state index < -0.39 is 0 Å². The van der Waals surface area contributed by atoms with E-state index in [1.807, 2.05) is 6.07 Å². The first-order valence-corrected chi connectivity index (χ1v) is 5.77. The number of fused-ring (bicyclic) bond motifs is 1. The summed E-state index contributed by atoms with van der Waals surface area (Å²) in [4.78, 5) is 8.86. The van der Waals surface area contributed by atoms with Gasteiger partial charge in [-0.1, -0.05) is 44.0 Å². The Balaban J connectivity index is 2.74. The minimum Gasteiger partial charge on any atom is -0.247 e. The molecule has 0 N–H and O–H groups in total. The largest absolute Gasteiger partial charge is 0.247 e. The van der Waals surface area contributed by atoms with Crippen molar-refractivity contribution in [3.05, 3.63) is 34.1 Å². The average Bonchev–Trinajstić information content (AvgIpc) is 2.16. The van der Waals surface area contributed by atoms with E-state index in [-0.39, 0.29) is 5.41 Å². The van der Waals surface area contributed by atoms with Gasteiger partial charge >= 0.3 is 0 Å². The molecule has 0 aliphatic heterocycles. The van der Waals surface area contributed by atoms with E-state index in [4.69, 9.17) is 23.2 Å². The van der Waals surface area contributed by atoms with E-state index in [0.29, 0.717) is 10.2 Å². The molecule has 0 spiro atoms. The van der Waals surface area contributed by atoms with Gasteiger partial charge in [-0.05, 0) is 18.2 Å². The molecule has 84 valence electrons. The van der Waals surface area contributed by atoms with Crippen LogP contribution in [0.4, 0.5) is 0 Å². The van der Waals surface area contributed by atoms with Gasteiger partial charge < -0.3 is 0 Å². The van der Waals surface area contributed by atoms with E-state index in [1.54, 1.807) is 12.1 Å². The lowest BCUT2D eigenvalue weighted by atomic mass is 9.92. The van der Waals surface area contributed by atoms with Crippen molar-refractivity contribution >= 4 is 34.2 Å². The smallest absolute Gasteiger partial charge is 0.151 e.